The van der Waals surface area contributed by atoms with E-state index in [1.165, 1.54) is 135 Å². The standard InChI is InChI=1S/C62H53BN2/c1-38-33-50-51(61(4,5)32-31-60(50,2)3)37-54(38)64-55-35-43-21-12-11-20-42(43)34-52(55)63-58-48(36-47-46-23-15-16-24-49(46)62(6,7)57(47)59(58)64)56-45-22-14-13-19-41(45)27-30-53(56)65(63)44-28-25-40(26-29-44)39-17-9-8-10-18-39/h8-30,33-37H,31-32H2,1-7H3. The largest absolute Gasteiger partial charge is 0.376 e. The molecule has 2 aliphatic heterocycles. The van der Waals surface area contributed by atoms with Gasteiger partial charge in [-0.3, -0.25) is 0 Å². The van der Waals surface area contributed by atoms with Crippen LogP contribution >= 0.6 is 0 Å². The molecule has 13 rings (SSSR count). The normalized spacial score (nSPS) is 16.7. The second-order valence-electron chi connectivity index (χ2n) is 21.2. The number of fused-ring (bicyclic) bond motifs is 12. The molecule has 314 valence electrons. The lowest BCUT2D eigenvalue weighted by Crippen LogP contribution is -2.62. The fourth-order valence-electron chi connectivity index (χ4n) is 12.7. The highest BCUT2D eigenvalue weighted by Crippen LogP contribution is 2.59. The zero-order valence-corrected chi connectivity index (χ0v) is 38.6. The van der Waals surface area contributed by atoms with Crippen LogP contribution in [0, 0.1) is 6.92 Å². The van der Waals surface area contributed by atoms with Gasteiger partial charge in [-0.1, -0.05) is 175 Å². The van der Waals surface area contributed by atoms with E-state index in [1.54, 1.807) is 0 Å². The monoisotopic (exact) mass is 836 g/mol. The van der Waals surface area contributed by atoms with Crippen LogP contribution in [-0.2, 0) is 16.2 Å². The van der Waals surface area contributed by atoms with E-state index >= 15 is 0 Å². The van der Waals surface area contributed by atoms with Gasteiger partial charge in [0, 0.05) is 39.4 Å². The van der Waals surface area contributed by atoms with Crippen molar-refractivity contribution < 1.29 is 0 Å². The predicted molar refractivity (Wildman–Crippen MR) is 278 cm³/mol. The van der Waals surface area contributed by atoms with Gasteiger partial charge in [0.1, 0.15) is 0 Å². The molecule has 65 heavy (non-hydrogen) atoms. The van der Waals surface area contributed by atoms with Gasteiger partial charge in [-0.2, -0.15) is 0 Å². The summed E-state index contributed by atoms with van der Waals surface area (Å²) >= 11 is 0. The van der Waals surface area contributed by atoms with E-state index in [2.05, 4.69) is 228 Å². The summed E-state index contributed by atoms with van der Waals surface area (Å²) in [4.78, 5) is 5.45. The third-order valence-electron chi connectivity index (χ3n) is 16.1. The van der Waals surface area contributed by atoms with Crippen molar-refractivity contribution in [3.05, 3.63) is 198 Å². The summed E-state index contributed by atoms with van der Waals surface area (Å²) in [5.41, 5.74) is 23.8. The van der Waals surface area contributed by atoms with Crippen molar-refractivity contribution in [3.8, 4) is 33.4 Å². The van der Waals surface area contributed by atoms with Crippen LogP contribution in [0.1, 0.15) is 82.2 Å². The molecular weight excluding hydrogens is 784 g/mol. The molecule has 0 spiro atoms. The predicted octanol–water partition coefficient (Wildman–Crippen LogP) is 15.3. The van der Waals surface area contributed by atoms with Crippen molar-refractivity contribution in [2.24, 2.45) is 0 Å². The van der Waals surface area contributed by atoms with E-state index in [1.807, 2.05) is 0 Å². The number of aryl methyl sites for hydroxylation is 1. The van der Waals surface area contributed by atoms with Crippen LogP contribution in [0.4, 0.5) is 28.4 Å². The summed E-state index contributed by atoms with van der Waals surface area (Å²) in [5.74, 6) is 0. The highest BCUT2D eigenvalue weighted by Gasteiger charge is 2.51. The summed E-state index contributed by atoms with van der Waals surface area (Å²) in [6, 6.07) is 65.0. The fourth-order valence-corrected chi connectivity index (χ4v) is 12.7. The second-order valence-corrected chi connectivity index (χ2v) is 21.2. The Balaban J connectivity index is 1.20. The third-order valence-corrected chi connectivity index (χ3v) is 16.1. The van der Waals surface area contributed by atoms with Gasteiger partial charge in [0.25, 0.3) is 0 Å². The maximum Gasteiger partial charge on any atom is 0.333 e. The zero-order valence-electron chi connectivity index (χ0n) is 38.6. The Bertz CT molecular complexity index is 3480. The van der Waals surface area contributed by atoms with E-state index in [0.29, 0.717) is 0 Å². The molecule has 9 aromatic rings. The summed E-state index contributed by atoms with van der Waals surface area (Å²) in [7, 11) is 0. The molecular formula is C62H53BN2. The van der Waals surface area contributed by atoms with Crippen molar-refractivity contribution >= 4 is 67.8 Å². The summed E-state index contributed by atoms with van der Waals surface area (Å²) < 4.78 is 0. The summed E-state index contributed by atoms with van der Waals surface area (Å²) in [6.07, 6.45) is 2.35. The topological polar surface area (TPSA) is 6.48 Å². The van der Waals surface area contributed by atoms with E-state index in [9.17, 15) is 0 Å². The van der Waals surface area contributed by atoms with Gasteiger partial charge in [0.2, 0.25) is 0 Å². The van der Waals surface area contributed by atoms with Crippen molar-refractivity contribution in [1.29, 1.82) is 0 Å². The van der Waals surface area contributed by atoms with Gasteiger partial charge in [-0.05, 0) is 155 Å². The van der Waals surface area contributed by atoms with Gasteiger partial charge in [-0.15, -0.1) is 0 Å². The molecule has 0 atom stereocenters. The van der Waals surface area contributed by atoms with Gasteiger partial charge < -0.3 is 9.71 Å². The quantitative estimate of drug-likeness (QED) is 0.164. The lowest BCUT2D eigenvalue weighted by Gasteiger charge is -2.48. The first-order valence-electron chi connectivity index (χ1n) is 23.7. The zero-order chi connectivity index (χ0) is 44.1. The Labute approximate surface area is 384 Å². The van der Waals surface area contributed by atoms with Crippen LogP contribution in [-0.4, -0.2) is 6.85 Å². The Morgan fingerprint density at radius 2 is 1.11 bits per heavy atom. The molecule has 0 radical (unpaired) electrons. The van der Waals surface area contributed by atoms with E-state index in [4.69, 9.17) is 0 Å². The first-order chi connectivity index (χ1) is 31.4. The highest BCUT2D eigenvalue weighted by atomic mass is 15.2. The van der Waals surface area contributed by atoms with Crippen molar-refractivity contribution in [2.75, 3.05) is 9.71 Å². The number of rotatable bonds is 3. The van der Waals surface area contributed by atoms with Gasteiger partial charge in [0.15, 0.2) is 0 Å². The molecule has 0 N–H and O–H groups in total. The number of nitrogens with zero attached hydrogens (tertiary/aromatic N) is 2. The van der Waals surface area contributed by atoms with Crippen molar-refractivity contribution in [2.45, 2.75) is 77.6 Å². The SMILES string of the molecule is Cc1cc2c(cc1N1c3cc4ccccc4cc3B3c4c(cc5c(c41)C(C)(C)c1ccccc1-5)-c1c(ccc4ccccc14)N3c1ccc(-c3ccccc3)cc1)C(C)(C)CCC2(C)C. The Morgan fingerprint density at radius 1 is 0.477 bits per heavy atom. The van der Waals surface area contributed by atoms with Crippen LogP contribution in [0.15, 0.2) is 170 Å². The van der Waals surface area contributed by atoms with Gasteiger partial charge >= 0.3 is 6.85 Å². The minimum atomic E-state index is -0.266. The van der Waals surface area contributed by atoms with Crippen LogP contribution in [0.2, 0.25) is 0 Å². The van der Waals surface area contributed by atoms with Crippen molar-refractivity contribution in [3.63, 3.8) is 0 Å². The molecule has 2 nitrogen and oxygen atoms in total. The lowest BCUT2D eigenvalue weighted by molar-refractivity contribution is 0.332. The minimum absolute atomic E-state index is 0.0476. The van der Waals surface area contributed by atoms with Crippen molar-refractivity contribution in [1.82, 2.24) is 0 Å². The second kappa shape index (κ2) is 13.4. The number of hydrogen-bond donors (Lipinski definition) is 0. The molecule has 0 unspecified atom stereocenters. The van der Waals surface area contributed by atoms with Crippen LogP contribution in [0.25, 0.3) is 54.9 Å². The Kier molecular flexibility index (Phi) is 7.94. The molecule has 0 saturated heterocycles. The summed E-state index contributed by atoms with van der Waals surface area (Å²) in [6.45, 7) is 17.1. The average molecular weight is 837 g/mol. The Hall–Kier alpha value is -6.84. The lowest BCUT2D eigenvalue weighted by atomic mass is 9.42. The maximum absolute atomic E-state index is 2.75. The molecule has 2 aliphatic carbocycles. The number of hydrogen-bond acceptors (Lipinski definition) is 2. The molecule has 4 aliphatic rings. The molecule has 2 heterocycles. The van der Waals surface area contributed by atoms with E-state index < -0.39 is 0 Å². The van der Waals surface area contributed by atoms with E-state index in [0.717, 1.165) is 0 Å². The van der Waals surface area contributed by atoms with Crippen LogP contribution in [0.5, 0.6) is 0 Å². The number of benzene rings is 9. The summed E-state index contributed by atoms with van der Waals surface area (Å²) in [5, 5.41) is 5.06. The van der Waals surface area contributed by atoms with E-state index in [-0.39, 0.29) is 23.1 Å². The molecule has 0 saturated carbocycles. The average Bonchev–Trinajstić information content (AvgIpc) is 3.55. The molecule has 9 aromatic carbocycles. The fraction of sp³-hybridized carbons (Fsp3) is 0.194. The minimum Gasteiger partial charge on any atom is -0.376 e. The molecule has 0 bridgehead atoms. The van der Waals surface area contributed by atoms with Gasteiger partial charge in [-0.25, -0.2) is 0 Å². The highest BCUT2D eigenvalue weighted by molar-refractivity contribution is 6.94. The van der Waals surface area contributed by atoms with Gasteiger partial charge in [0.05, 0.1) is 0 Å². The van der Waals surface area contributed by atoms with Crippen LogP contribution < -0.4 is 20.6 Å². The smallest absolute Gasteiger partial charge is 0.333 e. The first kappa shape index (κ1) is 38.6. The Morgan fingerprint density at radius 3 is 1.86 bits per heavy atom. The number of anilines is 5. The maximum atomic E-state index is 2.75. The molecule has 3 heteroatoms. The molecule has 0 amide bonds. The first-order valence-corrected chi connectivity index (χ1v) is 23.7. The molecule has 0 fully saturated rings. The molecule has 0 aromatic heterocycles. The van der Waals surface area contributed by atoms with Crippen LogP contribution in [0.3, 0.4) is 0 Å². The third kappa shape index (κ3) is 5.36.